The molecule has 1 aliphatic rings. The summed E-state index contributed by atoms with van der Waals surface area (Å²) in [6.45, 7) is 1.15. The standard InChI is InChI=1S/C22H21ClO6/c23-17-5-6-18(25)21-19(26)11-20(29-22(17)21)14-1-3-15(4-2-14)27-7-8-28-16-9-13(10-16)12-24/h1-6,11,13,16,24-25H,7-10,12H2. The zero-order valence-electron chi connectivity index (χ0n) is 15.6. The highest BCUT2D eigenvalue weighted by Gasteiger charge is 2.28. The van der Waals surface area contributed by atoms with Crippen LogP contribution in [0.4, 0.5) is 0 Å². The Hall–Kier alpha value is -2.54. The molecule has 0 radical (unpaired) electrons. The third kappa shape index (κ3) is 4.24. The minimum absolute atomic E-state index is 0.0676. The van der Waals surface area contributed by atoms with Gasteiger partial charge in [-0.15, -0.1) is 0 Å². The third-order valence-electron chi connectivity index (χ3n) is 5.10. The Morgan fingerprint density at radius 2 is 1.86 bits per heavy atom. The molecule has 7 heteroatoms. The number of phenols is 1. The fourth-order valence-corrected chi connectivity index (χ4v) is 3.60. The second-order valence-corrected chi connectivity index (χ2v) is 7.54. The smallest absolute Gasteiger partial charge is 0.197 e. The molecular weight excluding hydrogens is 396 g/mol. The molecule has 0 aliphatic heterocycles. The Morgan fingerprint density at radius 3 is 2.59 bits per heavy atom. The number of benzene rings is 2. The van der Waals surface area contributed by atoms with Crippen molar-refractivity contribution in [3.63, 3.8) is 0 Å². The molecule has 2 aromatic carbocycles. The van der Waals surface area contributed by atoms with Crippen LogP contribution in [-0.2, 0) is 4.74 Å². The second kappa shape index (κ2) is 8.45. The van der Waals surface area contributed by atoms with Gasteiger partial charge in [-0.2, -0.15) is 0 Å². The molecule has 0 bridgehead atoms. The van der Waals surface area contributed by atoms with E-state index >= 15 is 0 Å². The largest absolute Gasteiger partial charge is 0.507 e. The first-order chi connectivity index (χ1) is 14.0. The summed E-state index contributed by atoms with van der Waals surface area (Å²) in [6, 6.07) is 11.3. The summed E-state index contributed by atoms with van der Waals surface area (Å²) in [5, 5.41) is 19.2. The van der Waals surface area contributed by atoms with Crippen LogP contribution in [-0.4, -0.2) is 36.1 Å². The van der Waals surface area contributed by atoms with Crippen molar-refractivity contribution in [3.8, 4) is 22.8 Å². The normalized spacial score (nSPS) is 18.6. The average molecular weight is 417 g/mol. The van der Waals surface area contributed by atoms with Crippen LogP contribution in [0.5, 0.6) is 11.5 Å². The van der Waals surface area contributed by atoms with E-state index in [-0.39, 0.29) is 39.9 Å². The number of rotatable bonds is 7. The van der Waals surface area contributed by atoms with E-state index in [1.807, 2.05) is 0 Å². The van der Waals surface area contributed by atoms with Gasteiger partial charge in [0, 0.05) is 18.2 Å². The van der Waals surface area contributed by atoms with E-state index in [0.717, 1.165) is 12.8 Å². The summed E-state index contributed by atoms with van der Waals surface area (Å²) in [6.07, 6.45) is 2.04. The Balaban J connectivity index is 1.40. The lowest BCUT2D eigenvalue weighted by molar-refractivity contribution is -0.0523. The molecule has 2 N–H and O–H groups in total. The van der Waals surface area contributed by atoms with E-state index in [1.54, 1.807) is 24.3 Å². The maximum atomic E-state index is 12.4. The number of ether oxygens (including phenoxy) is 2. The molecule has 3 aromatic rings. The van der Waals surface area contributed by atoms with Gasteiger partial charge in [0.15, 0.2) is 11.0 Å². The van der Waals surface area contributed by atoms with Crippen LogP contribution in [0.15, 0.2) is 51.7 Å². The van der Waals surface area contributed by atoms with Crippen molar-refractivity contribution in [2.24, 2.45) is 5.92 Å². The van der Waals surface area contributed by atoms with E-state index in [1.165, 1.54) is 18.2 Å². The van der Waals surface area contributed by atoms with Gasteiger partial charge in [-0.1, -0.05) is 11.6 Å². The quantitative estimate of drug-likeness (QED) is 0.566. The molecule has 1 aromatic heterocycles. The van der Waals surface area contributed by atoms with Crippen LogP contribution in [0.2, 0.25) is 5.02 Å². The lowest BCUT2D eigenvalue weighted by Crippen LogP contribution is -2.34. The lowest BCUT2D eigenvalue weighted by atomic mass is 9.83. The molecule has 1 aliphatic carbocycles. The summed E-state index contributed by atoms with van der Waals surface area (Å²) < 4.78 is 17.1. The zero-order valence-corrected chi connectivity index (χ0v) is 16.4. The van der Waals surface area contributed by atoms with E-state index in [0.29, 0.717) is 36.2 Å². The number of hydrogen-bond acceptors (Lipinski definition) is 6. The molecule has 4 rings (SSSR count). The van der Waals surface area contributed by atoms with Crippen LogP contribution in [0, 0.1) is 5.92 Å². The highest BCUT2D eigenvalue weighted by atomic mass is 35.5. The van der Waals surface area contributed by atoms with Gasteiger partial charge in [0.2, 0.25) is 0 Å². The van der Waals surface area contributed by atoms with Crippen molar-refractivity contribution in [1.29, 1.82) is 0 Å². The predicted octanol–water partition coefficient (Wildman–Crippen LogP) is 3.99. The maximum Gasteiger partial charge on any atom is 0.197 e. The maximum absolute atomic E-state index is 12.4. The van der Waals surface area contributed by atoms with Crippen LogP contribution >= 0.6 is 11.6 Å². The van der Waals surface area contributed by atoms with Crippen molar-refractivity contribution in [2.75, 3.05) is 19.8 Å². The number of aromatic hydroxyl groups is 1. The first kappa shape index (κ1) is 19.8. The topological polar surface area (TPSA) is 89.1 Å². The molecule has 0 unspecified atom stereocenters. The Morgan fingerprint density at radius 1 is 1.10 bits per heavy atom. The van der Waals surface area contributed by atoms with Crippen molar-refractivity contribution in [2.45, 2.75) is 18.9 Å². The molecule has 0 amide bonds. The van der Waals surface area contributed by atoms with Gasteiger partial charge in [-0.05, 0) is 55.2 Å². The summed E-state index contributed by atoms with van der Waals surface area (Å²) >= 11 is 6.12. The second-order valence-electron chi connectivity index (χ2n) is 7.13. The first-order valence-corrected chi connectivity index (χ1v) is 9.84. The van der Waals surface area contributed by atoms with Gasteiger partial charge in [0.1, 0.15) is 29.3 Å². The van der Waals surface area contributed by atoms with Gasteiger partial charge in [0.05, 0.1) is 17.7 Å². The zero-order chi connectivity index (χ0) is 20.4. The number of aliphatic hydroxyl groups is 1. The molecule has 0 atom stereocenters. The summed E-state index contributed by atoms with van der Waals surface area (Å²) in [4.78, 5) is 12.4. The molecule has 0 spiro atoms. The molecule has 152 valence electrons. The fraction of sp³-hybridized carbons (Fsp3) is 0.318. The Bertz CT molecular complexity index is 1050. The van der Waals surface area contributed by atoms with Gasteiger partial charge in [-0.3, -0.25) is 4.79 Å². The summed E-state index contributed by atoms with van der Waals surface area (Å²) in [5.74, 6) is 1.25. The Kier molecular flexibility index (Phi) is 5.76. The van der Waals surface area contributed by atoms with Crippen LogP contribution in [0.3, 0.4) is 0 Å². The fourth-order valence-electron chi connectivity index (χ4n) is 3.41. The molecule has 1 saturated carbocycles. The predicted molar refractivity (Wildman–Crippen MR) is 110 cm³/mol. The highest BCUT2D eigenvalue weighted by Crippen LogP contribution is 2.32. The van der Waals surface area contributed by atoms with Gasteiger partial charge in [0.25, 0.3) is 0 Å². The monoisotopic (exact) mass is 416 g/mol. The van der Waals surface area contributed by atoms with Crippen molar-refractivity contribution < 1.29 is 24.1 Å². The molecular formula is C22H21ClO6. The van der Waals surface area contributed by atoms with Gasteiger partial charge < -0.3 is 24.1 Å². The lowest BCUT2D eigenvalue weighted by Gasteiger charge is -2.33. The summed E-state index contributed by atoms with van der Waals surface area (Å²) in [7, 11) is 0. The molecule has 6 nitrogen and oxygen atoms in total. The number of fused-ring (bicyclic) bond motifs is 1. The highest BCUT2D eigenvalue weighted by molar-refractivity contribution is 6.35. The van der Waals surface area contributed by atoms with E-state index in [4.69, 9.17) is 30.6 Å². The van der Waals surface area contributed by atoms with Crippen LogP contribution in [0.25, 0.3) is 22.3 Å². The van der Waals surface area contributed by atoms with E-state index < -0.39 is 0 Å². The first-order valence-electron chi connectivity index (χ1n) is 9.46. The van der Waals surface area contributed by atoms with Crippen molar-refractivity contribution >= 4 is 22.6 Å². The SMILES string of the molecule is O=c1cc(-c2ccc(OCCOC3CC(CO)C3)cc2)oc2c(Cl)ccc(O)c12. The number of halogens is 1. The Labute approximate surface area is 172 Å². The molecule has 29 heavy (non-hydrogen) atoms. The average Bonchev–Trinajstić information content (AvgIpc) is 2.69. The van der Waals surface area contributed by atoms with Crippen molar-refractivity contribution in [3.05, 3.63) is 57.7 Å². The number of aliphatic hydroxyl groups excluding tert-OH is 1. The van der Waals surface area contributed by atoms with Crippen molar-refractivity contribution in [1.82, 2.24) is 0 Å². The molecule has 1 fully saturated rings. The minimum atomic E-state index is -0.363. The van der Waals surface area contributed by atoms with Crippen LogP contribution in [0.1, 0.15) is 12.8 Å². The van der Waals surface area contributed by atoms with E-state index in [9.17, 15) is 9.90 Å². The third-order valence-corrected chi connectivity index (χ3v) is 5.40. The summed E-state index contributed by atoms with van der Waals surface area (Å²) in [5.41, 5.74) is 0.487. The van der Waals surface area contributed by atoms with Gasteiger partial charge >= 0.3 is 0 Å². The number of phenolic OH excluding ortho intramolecular Hbond substituents is 1. The van der Waals surface area contributed by atoms with E-state index in [2.05, 4.69) is 0 Å². The molecule has 0 saturated heterocycles. The van der Waals surface area contributed by atoms with Gasteiger partial charge in [-0.25, -0.2) is 0 Å². The molecule has 1 heterocycles. The van der Waals surface area contributed by atoms with Crippen LogP contribution < -0.4 is 10.2 Å². The minimum Gasteiger partial charge on any atom is -0.507 e. The number of hydrogen-bond donors (Lipinski definition) is 2.